The third kappa shape index (κ3) is 4.64. The number of rotatable bonds is 7. The van der Waals surface area contributed by atoms with Gasteiger partial charge in [-0.15, -0.1) is 0 Å². The van der Waals surface area contributed by atoms with E-state index >= 15 is 0 Å². The lowest BCUT2D eigenvalue weighted by Gasteiger charge is -2.10. The summed E-state index contributed by atoms with van der Waals surface area (Å²) in [5.41, 5.74) is 3.73. The van der Waals surface area contributed by atoms with Crippen LogP contribution in [0, 0.1) is 13.8 Å². The molecule has 0 aliphatic heterocycles. The second-order valence-electron chi connectivity index (χ2n) is 6.10. The Morgan fingerprint density at radius 3 is 2.43 bits per heavy atom. The number of ether oxygens (including phenoxy) is 1. The lowest BCUT2D eigenvalue weighted by molar-refractivity contribution is -0.114. The Labute approximate surface area is 161 Å². The quantitative estimate of drug-likeness (QED) is 0.640. The van der Waals surface area contributed by atoms with Crippen molar-refractivity contribution in [1.82, 2.24) is 9.78 Å². The van der Waals surface area contributed by atoms with Gasteiger partial charge in [0.15, 0.2) is 0 Å². The minimum Gasteiger partial charge on any atom is -0.435 e. The molecule has 0 aliphatic rings. The summed E-state index contributed by atoms with van der Waals surface area (Å²) in [5.74, 6) is -0.184. The molecule has 8 heteroatoms. The van der Waals surface area contributed by atoms with Crippen LogP contribution in [0.2, 0.25) is 0 Å². The highest BCUT2D eigenvalue weighted by atomic mass is 19.3. The number of carbonyl (C=O) groups is 1. The van der Waals surface area contributed by atoms with Crippen molar-refractivity contribution in [3.63, 3.8) is 0 Å². The van der Waals surface area contributed by atoms with Gasteiger partial charge in [0.05, 0.1) is 29.3 Å². The highest BCUT2D eigenvalue weighted by Crippen LogP contribution is 2.23. The fourth-order valence-electron chi connectivity index (χ4n) is 2.76. The van der Waals surface area contributed by atoms with E-state index in [-0.39, 0.29) is 18.2 Å². The van der Waals surface area contributed by atoms with Crippen molar-refractivity contribution in [2.75, 3.05) is 17.2 Å². The summed E-state index contributed by atoms with van der Waals surface area (Å²) < 4.78 is 30.4. The Morgan fingerprint density at radius 1 is 1.11 bits per heavy atom. The summed E-state index contributed by atoms with van der Waals surface area (Å²) in [6.07, 6.45) is 0. The molecular formula is C20H20F2N4O2. The van der Waals surface area contributed by atoms with Gasteiger partial charge in [-0.05, 0) is 50.2 Å². The molecule has 0 aliphatic carbocycles. The number of aromatic nitrogens is 2. The van der Waals surface area contributed by atoms with Crippen LogP contribution in [0.25, 0.3) is 5.69 Å². The van der Waals surface area contributed by atoms with Crippen molar-refractivity contribution >= 4 is 17.3 Å². The largest absolute Gasteiger partial charge is 0.435 e. The number of halogens is 2. The first-order valence-corrected chi connectivity index (χ1v) is 8.64. The van der Waals surface area contributed by atoms with Crippen LogP contribution in [-0.4, -0.2) is 28.8 Å². The number of hydrogen-bond acceptors (Lipinski definition) is 4. The van der Waals surface area contributed by atoms with Crippen LogP contribution in [0.1, 0.15) is 11.4 Å². The van der Waals surface area contributed by atoms with Crippen LogP contribution in [0.3, 0.4) is 0 Å². The van der Waals surface area contributed by atoms with Gasteiger partial charge in [0.2, 0.25) is 5.91 Å². The van der Waals surface area contributed by atoms with E-state index in [2.05, 4.69) is 20.5 Å². The first-order valence-electron chi connectivity index (χ1n) is 8.64. The molecule has 0 saturated heterocycles. The number of para-hydroxylation sites is 1. The van der Waals surface area contributed by atoms with Crippen molar-refractivity contribution in [2.24, 2.45) is 0 Å². The molecular weight excluding hydrogens is 366 g/mol. The molecule has 0 fully saturated rings. The van der Waals surface area contributed by atoms with E-state index in [0.717, 1.165) is 11.4 Å². The average Bonchev–Trinajstić information content (AvgIpc) is 2.96. The smallest absolute Gasteiger partial charge is 0.387 e. The molecule has 0 radical (unpaired) electrons. The lowest BCUT2D eigenvalue weighted by atomic mass is 10.3. The summed E-state index contributed by atoms with van der Waals surface area (Å²) in [4.78, 5) is 12.3. The monoisotopic (exact) mass is 386 g/mol. The van der Waals surface area contributed by atoms with Gasteiger partial charge in [-0.25, -0.2) is 4.68 Å². The average molecular weight is 386 g/mol. The number of hydrogen-bond donors (Lipinski definition) is 2. The van der Waals surface area contributed by atoms with E-state index in [1.807, 2.05) is 44.2 Å². The maximum atomic E-state index is 12.3. The molecule has 0 atom stereocenters. The van der Waals surface area contributed by atoms with E-state index in [0.29, 0.717) is 17.1 Å². The molecule has 2 N–H and O–H groups in total. The molecule has 0 spiro atoms. The van der Waals surface area contributed by atoms with Crippen LogP contribution < -0.4 is 15.4 Å². The van der Waals surface area contributed by atoms with Crippen molar-refractivity contribution in [1.29, 1.82) is 0 Å². The Bertz CT molecular complexity index is 941. The Kier molecular flexibility index (Phi) is 5.88. The number of nitrogens with one attached hydrogen (secondary N) is 2. The van der Waals surface area contributed by atoms with E-state index in [1.165, 1.54) is 12.1 Å². The Morgan fingerprint density at radius 2 is 1.79 bits per heavy atom. The summed E-state index contributed by atoms with van der Waals surface area (Å²) in [6.45, 7) is 0.868. The Balaban J connectivity index is 1.62. The zero-order valence-electron chi connectivity index (χ0n) is 15.4. The van der Waals surface area contributed by atoms with Gasteiger partial charge in [0, 0.05) is 5.69 Å². The molecule has 0 bridgehead atoms. The summed E-state index contributed by atoms with van der Waals surface area (Å²) in [5, 5.41) is 10.3. The molecule has 3 rings (SSSR count). The molecule has 1 heterocycles. The van der Waals surface area contributed by atoms with Gasteiger partial charge in [-0.3, -0.25) is 4.79 Å². The van der Waals surface area contributed by atoms with E-state index in [4.69, 9.17) is 0 Å². The van der Waals surface area contributed by atoms with E-state index in [9.17, 15) is 13.6 Å². The molecule has 1 amide bonds. The van der Waals surface area contributed by atoms with Crippen LogP contribution in [0.5, 0.6) is 5.75 Å². The minimum absolute atomic E-state index is 0.0183. The normalized spacial score (nSPS) is 10.8. The van der Waals surface area contributed by atoms with Gasteiger partial charge in [-0.2, -0.15) is 13.9 Å². The van der Waals surface area contributed by atoms with Gasteiger partial charge < -0.3 is 15.4 Å². The molecule has 1 aromatic heterocycles. The number of anilines is 2. The lowest BCUT2D eigenvalue weighted by Crippen LogP contribution is -2.22. The number of benzene rings is 2. The topological polar surface area (TPSA) is 68.2 Å². The molecule has 0 unspecified atom stereocenters. The molecule has 146 valence electrons. The van der Waals surface area contributed by atoms with Gasteiger partial charge in [-0.1, -0.05) is 18.2 Å². The van der Waals surface area contributed by atoms with Crippen LogP contribution in [-0.2, 0) is 4.79 Å². The van der Waals surface area contributed by atoms with Crippen molar-refractivity contribution in [3.05, 3.63) is 66.0 Å². The van der Waals surface area contributed by atoms with E-state index in [1.54, 1.807) is 16.8 Å². The van der Waals surface area contributed by atoms with Crippen LogP contribution in [0.15, 0.2) is 54.6 Å². The number of carbonyl (C=O) groups excluding carboxylic acids is 1. The summed E-state index contributed by atoms with van der Waals surface area (Å²) in [6, 6.07) is 15.6. The predicted molar refractivity (Wildman–Crippen MR) is 103 cm³/mol. The summed E-state index contributed by atoms with van der Waals surface area (Å²) in [7, 11) is 0. The van der Waals surface area contributed by atoms with Gasteiger partial charge >= 0.3 is 6.61 Å². The second kappa shape index (κ2) is 8.51. The van der Waals surface area contributed by atoms with Crippen LogP contribution in [0.4, 0.5) is 20.2 Å². The third-order valence-electron chi connectivity index (χ3n) is 4.09. The van der Waals surface area contributed by atoms with Gasteiger partial charge in [0.1, 0.15) is 5.75 Å². The highest BCUT2D eigenvalue weighted by molar-refractivity contribution is 5.94. The molecule has 2 aromatic carbocycles. The maximum absolute atomic E-state index is 12.3. The van der Waals surface area contributed by atoms with Gasteiger partial charge in [0.25, 0.3) is 0 Å². The van der Waals surface area contributed by atoms with E-state index < -0.39 is 6.61 Å². The standard InChI is InChI=1S/C20H20F2N4O2/c1-13-19(14(2)26(25-13)16-6-4-3-5-7-16)24-18(27)12-23-15-8-10-17(11-9-15)28-20(21)22/h3-11,20,23H,12H2,1-2H3,(H,24,27). The number of nitrogens with zero attached hydrogens (tertiary/aromatic N) is 2. The first-order chi connectivity index (χ1) is 13.4. The second-order valence-corrected chi connectivity index (χ2v) is 6.10. The fraction of sp³-hybridized carbons (Fsp3) is 0.200. The third-order valence-corrected chi connectivity index (χ3v) is 4.09. The maximum Gasteiger partial charge on any atom is 0.387 e. The molecule has 28 heavy (non-hydrogen) atoms. The van der Waals surface area contributed by atoms with Crippen LogP contribution >= 0.6 is 0 Å². The SMILES string of the molecule is Cc1nn(-c2ccccc2)c(C)c1NC(=O)CNc1ccc(OC(F)F)cc1. The number of amides is 1. The summed E-state index contributed by atoms with van der Waals surface area (Å²) >= 11 is 0. The molecule has 6 nitrogen and oxygen atoms in total. The molecule has 0 saturated carbocycles. The van der Waals surface area contributed by atoms with Crippen molar-refractivity contribution in [3.8, 4) is 11.4 Å². The first kappa shape index (κ1) is 19.3. The Hall–Kier alpha value is -3.42. The number of alkyl halides is 2. The van der Waals surface area contributed by atoms with Crippen molar-refractivity contribution in [2.45, 2.75) is 20.5 Å². The zero-order valence-corrected chi connectivity index (χ0v) is 15.4. The fourth-order valence-corrected chi connectivity index (χ4v) is 2.76. The number of aryl methyl sites for hydroxylation is 1. The predicted octanol–water partition coefficient (Wildman–Crippen LogP) is 4.14. The zero-order chi connectivity index (χ0) is 20.1. The molecule has 3 aromatic rings. The van der Waals surface area contributed by atoms with Crippen molar-refractivity contribution < 1.29 is 18.3 Å². The minimum atomic E-state index is -2.87. The highest BCUT2D eigenvalue weighted by Gasteiger charge is 2.15.